The molecule has 35 heavy (non-hydrogen) atoms. The van der Waals surface area contributed by atoms with Gasteiger partial charge in [-0.2, -0.15) is 74.6 Å². The van der Waals surface area contributed by atoms with Gasteiger partial charge in [0.1, 0.15) is 0 Å². The molecule has 0 amide bonds. The number of hydrogen-bond acceptors (Lipinski definition) is 2. The minimum absolute atomic E-state index is 0.822. The summed E-state index contributed by atoms with van der Waals surface area (Å²) in [5.74, 6) is -62.9. The lowest BCUT2D eigenvalue weighted by Crippen LogP contribution is -2.75. The van der Waals surface area contributed by atoms with E-state index in [0.717, 1.165) is 5.69 Å². The summed E-state index contributed by atoms with van der Waals surface area (Å²) < 4.78 is 214. The van der Waals surface area contributed by atoms with Crippen molar-refractivity contribution in [2.24, 2.45) is 0 Å². The Morgan fingerprint density at radius 1 is 0.543 bits per heavy atom. The van der Waals surface area contributed by atoms with Crippen LogP contribution in [0.3, 0.4) is 0 Å². The Hall–Kier alpha value is -2.70. The monoisotopic (exact) mass is 557 g/mol. The number of halogens is 17. The first-order valence-electron chi connectivity index (χ1n) is 7.84. The zero-order chi connectivity index (χ0) is 28.7. The summed E-state index contributed by atoms with van der Waals surface area (Å²) in [6, 6.07) is 9.49. The number of para-hydroxylation sites is 1. The van der Waals surface area contributed by atoms with Crippen LogP contribution >= 0.6 is 0 Å². The Labute approximate surface area is 181 Å². The molecule has 0 saturated carbocycles. The molecular weight excluding hydrogens is 549 g/mol. The van der Waals surface area contributed by atoms with Crippen molar-refractivity contribution in [3.05, 3.63) is 30.3 Å². The molecule has 204 valence electrons. The van der Waals surface area contributed by atoms with Gasteiger partial charge in [0.2, 0.25) is 0 Å². The summed E-state index contributed by atoms with van der Waals surface area (Å²) in [7, 11) is 0. The van der Waals surface area contributed by atoms with Crippen LogP contribution in [0.1, 0.15) is 0 Å². The number of carboxylic acids is 1. The Balaban J connectivity index is 0.00000140. The molecule has 0 aliphatic heterocycles. The Kier molecular flexibility index (Phi) is 8.37. The van der Waals surface area contributed by atoms with Gasteiger partial charge in [0, 0.05) is 5.69 Å². The highest BCUT2D eigenvalue weighted by Crippen LogP contribution is 2.63. The summed E-state index contributed by atoms with van der Waals surface area (Å²) in [6.45, 7) is 0. The highest BCUT2D eigenvalue weighted by atomic mass is 19.4. The number of aliphatic carboxylic acids is 1. The smallest absolute Gasteiger partial charge is 0.460 e. The third-order valence-corrected chi connectivity index (χ3v) is 3.79. The summed E-state index contributed by atoms with van der Waals surface area (Å²) in [5.41, 5.74) is 6.18. The first kappa shape index (κ1) is 32.3. The van der Waals surface area contributed by atoms with Crippen LogP contribution in [-0.2, 0) is 4.79 Å². The summed E-state index contributed by atoms with van der Waals surface area (Å²) in [4.78, 5) is 9.77. The standard InChI is InChI=1S/C9HF17O2.C6H7N/c10-2(11,1(27)28)3(12,13)4(14,15)5(16,17)6(18,19)7(20,21)8(22,23)9(24,25)26;7-6-4-2-1-3-5-6/h(H,27,28);1-5H,7H2. The van der Waals surface area contributed by atoms with E-state index in [1.165, 1.54) is 0 Å². The van der Waals surface area contributed by atoms with Crippen molar-refractivity contribution in [1.29, 1.82) is 0 Å². The number of carboxylic acid groups (broad SMARTS) is 1. The van der Waals surface area contributed by atoms with Gasteiger partial charge in [-0.05, 0) is 12.1 Å². The molecule has 1 aromatic carbocycles. The fourth-order valence-electron chi connectivity index (χ4n) is 1.75. The van der Waals surface area contributed by atoms with E-state index in [1.807, 2.05) is 30.3 Å². The number of nitrogen functional groups attached to an aromatic ring is 1. The second-order valence-corrected chi connectivity index (χ2v) is 6.23. The molecule has 0 heterocycles. The number of anilines is 1. The van der Waals surface area contributed by atoms with E-state index < -0.39 is 53.6 Å². The van der Waals surface area contributed by atoms with Gasteiger partial charge >= 0.3 is 53.6 Å². The average Bonchev–Trinajstić information content (AvgIpc) is 2.67. The molecule has 1 aromatic rings. The van der Waals surface area contributed by atoms with E-state index in [0.29, 0.717) is 0 Å². The third-order valence-electron chi connectivity index (χ3n) is 3.79. The molecular formula is C15H8F17NO2. The molecule has 0 aliphatic carbocycles. The Bertz CT molecular complexity index is 879. The number of benzene rings is 1. The zero-order valence-corrected chi connectivity index (χ0v) is 15.7. The van der Waals surface area contributed by atoms with E-state index >= 15 is 0 Å². The predicted octanol–water partition coefficient (Wildman–Crippen LogP) is 6.35. The number of nitrogens with two attached hydrogens (primary N) is 1. The fourth-order valence-corrected chi connectivity index (χ4v) is 1.75. The molecule has 3 nitrogen and oxygen atoms in total. The molecule has 0 unspecified atom stereocenters. The summed E-state index contributed by atoms with van der Waals surface area (Å²) in [5, 5.41) is 7.59. The Morgan fingerprint density at radius 2 is 0.829 bits per heavy atom. The quantitative estimate of drug-likeness (QED) is 0.304. The molecule has 0 aliphatic rings. The van der Waals surface area contributed by atoms with Gasteiger partial charge in [-0.3, -0.25) is 0 Å². The van der Waals surface area contributed by atoms with E-state index in [-0.39, 0.29) is 0 Å². The molecule has 1 rings (SSSR count). The molecule has 0 aromatic heterocycles. The van der Waals surface area contributed by atoms with E-state index in [9.17, 15) is 79.4 Å². The third kappa shape index (κ3) is 4.87. The lowest BCUT2D eigenvalue weighted by Gasteiger charge is -2.42. The predicted molar refractivity (Wildman–Crippen MR) is 79.2 cm³/mol. The molecule has 20 heteroatoms. The highest BCUT2D eigenvalue weighted by Gasteiger charge is 2.95. The molecule has 0 radical (unpaired) electrons. The lowest BCUT2D eigenvalue weighted by molar-refractivity contribution is -0.459. The fraction of sp³-hybridized carbons (Fsp3) is 0.533. The van der Waals surface area contributed by atoms with Gasteiger partial charge in [0.25, 0.3) is 0 Å². The van der Waals surface area contributed by atoms with Crippen LogP contribution in [0.5, 0.6) is 0 Å². The van der Waals surface area contributed by atoms with Crippen LogP contribution in [0, 0.1) is 0 Å². The van der Waals surface area contributed by atoms with Crippen molar-refractivity contribution in [3.8, 4) is 0 Å². The van der Waals surface area contributed by atoms with Crippen molar-refractivity contribution >= 4 is 11.7 Å². The topological polar surface area (TPSA) is 63.3 Å². The maximum Gasteiger partial charge on any atom is 0.460 e. The summed E-state index contributed by atoms with van der Waals surface area (Å²) in [6.07, 6.45) is -7.83. The second kappa shape index (κ2) is 9.07. The van der Waals surface area contributed by atoms with E-state index in [1.54, 1.807) is 0 Å². The minimum atomic E-state index is -8.76. The lowest BCUT2D eigenvalue weighted by atomic mass is 9.89. The number of carbonyl (C=O) groups is 1. The van der Waals surface area contributed by atoms with E-state index in [2.05, 4.69) is 0 Å². The molecule has 0 spiro atoms. The van der Waals surface area contributed by atoms with Crippen molar-refractivity contribution in [1.82, 2.24) is 0 Å². The van der Waals surface area contributed by atoms with Crippen LogP contribution in [0.4, 0.5) is 80.3 Å². The van der Waals surface area contributed by atoms with E-state index in [4.69, 9.17) is 10.8 Å². The molecule has 3 N–H and O–H groups in total. The second-order valence-electron chi connectivity index (χ2n) is 6.23. The van der Waals surface area contributed by atoms with Gasteiger partial charge < -0.3 is 10.8 Å². The maximum absolute atomic E-state index is 13.0. The molecule has 0 saturated heterocycles. The van der Waals surface area contributed by atoms with Gasteiger partial charge in [0.15, 0.2) is 0 Å². The normalized spacial score (nSPS) is 14.8. The van der Waals surface area contributed by atoms with Gasteiger partial charge in [0.05, 0.1) is 0 Å². The van der Waals surface area contributed by atoms with Crippen molar-refractivity contribution in [3.63, 3.8) is 0 Å². The number of hydrogen-bond donors (Lipinski definition) is 2. The van der Waals surface area contributed by atoms with Gasteiger partial charge in [-0.15, -0.1) is 0 Å². The van der Waals surface area contributed by atoms with Crippen LogP contribution in [-0.4, -0.2) is 58.7 Å². The summed E-state index contributed by atoms with van der Waals surface area (Å²) >= 11 is 0. The van der Waals surface area contributed by atoms with Crippen LogP contribution in [0.15, 0.2) is 30.3 Å². The van der Waals surface area contributed by atoms with Gasteiger partial charge in [-0.25, -0.2) is 4.79 Å². The highest BCUT2D eigenvalue weighted by molar-refractivity contribution is 5.77. The maximum atomic E-state index is 13.0. The number of rotatable bonds is 7. The largest absolute Gasteiger partial charge is 0.477 e. The average molecular weight is 557 g/mol. The molecule has 0 atom stereocenters. The zero-order valence-electron chi connectivity index (χ0n) is 15.7. The first-order chi connectivity index (χ1) is 15.1. The molecule has 0 bridgehead atoms. The minimum Gasteiger partial charge on any atom is -0.477 e. The Morgan fingerprint density at radius 3 is 1.06 bits per heavy atom. The van der Waals surface area contributed by atoms with Crippen molar-refractivity contribution < 1.29 is 84.5 Å². The molecule has 0 fully saturated rings. The van der Waals surface area contributed by atoms with Crippen LogP contribution in [0.2, 0.25) is 0 Å². The van der Waals surface area contributed by atoms with Crippen LogP contribution < -0.4 is 5.73 Å². The van der Waals surface area contributed by atoms with Crippen molar-refractivity contribution in [2.75, 3.05) is 5.73 Å². The van der Waals surface area contributed by atoms with Gasteiger partial charge in [-0.1, -0.05) is 18.2 Å². The first-order valence-corrected chi connectivity index (χ1v) is 7.84. The SMILES string of the molecule is Nc1ccccc1.O=C(O)C(F)(F)C(F)(F)C(F)(F)C(F)(F)C(F)(F)C(F)(F)C(F)(F)C(F)(F)F. The van der Waals surface area contributed by atoms with Crippen LogP contribution in [0.25, 0.3) is 0 Å². The van der Waals surface area contributed by atoms with Crippen molar-refractivity contribution in [2.45, 2.75) is 47.6 Å². The number of alkyl halides is 17.